The highest BCUT2D eigenvalue weighted by atomic mass is 16.3. The fourth-order valence-corrected chi connectivity index (χ4v) is 3.55. The van der Waals surface area contributed by atoms with Gasteiger partial charge in [0.1, 0.15) is 11.0 Å². The molecule has 0 radical (unpaired) electrons. The summed E-state index contributed by atoms with van der Waals surface area (Å²) in [4.78, 5) is 14.7. The molecule has 3 aromatic rings. The topological polar surface area (TPSA) is 82.1 Å². The van der Waals surface area contributed by atoms with Crippen molar-refractivity contribution in [2.45, 2.75) is 18.9 Å². The quantitative estimate of drug-likeness (QED) is 0.770. The van der Waals surface area contributed by atoms with E-state index in [1.165, 1.54) is 0 Å². The van der Waals surface area contributed by atoms with Crippen LogP contribution in [-0.2, 0) is 0 Å². The molecule has 1 unspecified atom stereocenters. The predicted octanol–water partition coefficient (Wildman–Crippen LogP) is 2.54. The van der Waals surface area contributed by atoms with E-state index in [9.17, 15) is 9.90 Å². The van der Waals surface area contributed by atoms with E-state index >= 15 is 0 Å². The third kappa shape index (κ3) is 3.00. The van der Waals surface area contributed by atoms with Gasteiger partial charge in [-0.3, -0.25) is 4.79 Å². The molecule has 0 spiro atoms. The van der Waals surface area contributed by atoms with E-state index in [0.29, 0.717) is 29.7 Å². The lowest BCUT2D eigenvalue weighted by molar-refractivity contribution is 0.0463. The molecule has 0 bridgehead atoms. The maximum absolute atomic E-state index is 12.8. The standard InChI is InChI=1S/C19H20N4O2/c24-18(13-5-2-1-3-6-13)14-9-11-23(12-10-14)19(25)15-7-4-8-16-17(15)21-22-20-16/h1-8,14,18,24H,9-12H2,(H,20,21,22). The second kappa shape index (κ2) is 6.64. The molecule has 1 atom stereocenters. The molecule has 1 aliphatic rings. The summed E-state index contributed by atoms with van der Waals surface area (Å²) in [6.07, 6.45) is 1.10. The zero-order valence-electron chi connectivity index (χ0n) is 13.8. The van der Waals surface area contributed by atoms with Gasteiger partial charge >= 0.3 is 0 Å². The lowest BCUT2D eigenvalue weighted by atomic mass is 9.87. The number of aliphatic hydroxyl groups excluding tert-OH is 1. The number of benzene rings is 2. The summed E-state index contributed by atoms with van der Waals surface area (Å²) in [5, 5.41) is 21.3. The molecule has 4 rings (SSSR count). The third-order valence-electron chi connectivity index (χ3n) is 4.99. The molecule has 2 heterocycles. The molecular formula is C19H20N4O2. The molecule has 128 valence electrons. The number of aromatic amines is 1. The molecular weight excluding hydrogens is 316 g/mol. The van der Waals surface area contributed by atoms with Gasteiger partial charge in [0.25, 0.3) is 5.91 Å². The van der Waals surface area contributed by atoms with Crippen LogP contribution in [0.4, 0.5) is 0 Å². The number of para-hydroxylation sites is 1. The van der Waals surface area contributed by atoms with Crippen molar-refractivity contribution in [3.8, 4) is 0 Å². The van der Waals surface area contributed by atoms with Gasteiger partial charge in [-0.25, -0.2) is 0 Å². The van der Waals surface area contributed by atoms with Crippen LogP contribution in [0, 0.1) is 5.92 Å². The highest BCUT2D eigenvalue weighted by Gasteiger charge is 2.29. The number of aliphatic hydroxyl groups is 1. The summed E-state index contributed by atoms with van der Waals surface area (Å²) < 4.78 is 0. The van der Waals surface area contributed by atoms with Gasteiger partial charge in [-0.05, 0) is 36.5 Å². The number of piperidine rings is 1. The van der Waals surface area contributed by atoms with Gasteiger partial charge < -0.3 is 10.0 Å². The Balaban J connectivity index is 1.45. The first kappa shape index (κ1) is 15.8. The first-order chi connectivity index (χ1) is 12.2. The predicted molar refractivity (Wildman–Crippen MR) is 93.9 cm³/mol. The fourth-order valence-electron chi connectivity index (χ4n) is 3.55. The summed E-state index contributed by atoms with van der Waals surface area (Å²) in [6, 6.07) is 15.2. The lowest BCUT2D eigenvalue weighted by Gasteiger charge is -2.34. The van der Waals surface area contributed by atoms with Crippen molar-refractivity contribution in [3.63, 3.8) is 0 Å². The van der Waals surface area contributed by atoms with E-state index < -0.39 is 6.10 Å². The van der Waals surface area contributed by atoms with Gasteiger partial charge in [-0.1, -0.05) is 36.4 Å². The second-order valence-electron chi connectivity index (χ2n) is 6.48. The number of amides is 1. The number of fused-ring (bicyclic) bond motifs is 1. The lowest BCUT2D eigenvalue weighted by Crippen LogP contribution is -2.39. The van der Waals surface area contributed by atoms with E-state index in [0.717, 1.165) is 18.4 Å². The maximum Gasteiger partial charge on any atom is 0.256 e. The summed E-state index contributed by atoms with van der Waals surface area (Å²) in [6.45, 7) is 1.28. The summed E-state index contributed by atoms with van der Waals surface area (Å²) >= 11 is 0. The van der Waals surface area contributed by atoms with Crippen LogP contribution in [-0.4, -0.2) is 44.4 Å². The number of likely N-dealkylation sites (tertiary alicyclic amines) is 1. The normalized spacial score (nSPS) is 16.9. The maximum atomic E-state index is 12.8. The molecule has 1 aliphatic heterocycles. The average Bonchev–Trinajstić information content (AvgIpc) is 3.16. The minimum Gasteiger partial charge on any atom is -0.388 e. The third-order valence-corrected chi connectivity index (χ3v) is 4.99. The molecule has 1 aromatic heterocycles. The number of nitrogens with one attached hydrogen (secondary N) is 1. The number of aromatic nitrogens is 3. The summed E-state index contributed by atoms with van der Waals surface area (Å²) in [7, 11) is 0. The Labute approximate surface area is 145 Å². The Morgan fingerprint density at radius 3 is 2.60 bits per heavy atom. The van der Waals surface area contributed by atoms with Gasteiger partial charge in [-0.2, -0.15) is 15.4 Å². The van der Waals surface area contributed by atoms with Gasteiger partial charge in [0.2, 0.25) is 0 Å². The van der Waals surface area contributed by atoms with Crippen molar-refractivity contribution in [1.29, 1.82) is 0 Å². The minimum absolute atomic E-state index is 0.0212. The van der Waals surface area contributed by atoms with Gasteiger partial charge in [0.05, 0.1) is 11.7 Å². The molecule has 2 aromatic carbocycles. The molecule has 2 N–H and O–H groups in total. The zero-order valence-corrected chi connectivity index (χ0v) is 13.8. The highest BCUT2D eigenvalue weighted by Crippen LogP contribution is 2.31. The Hall–Kier alpha value is -2.73. The van der Waals surface area contributed by atoms with Crippen LogP contribution in [0.15, 0.2) is 48.5 Å². The zero-order chi connectivity index (χ0) is 17.2. The molecule has 1 amide bonds. The van der Waals surface area contributed by atoms with Crippen molar-refractivity contribution in [2.24, 2.45) is 5.92 Å². The van der Waals surface area contributed by atoms with Crippen molar-refractivity contribution >= 4 is 16.9 Å². The van der Waals surface area contributed by atoms with Gasteiger partial charge in [-0.15, -0.1) is 0 Å². The number of carbonyl (C=O) groups is 1. The SMILES string of the molecule is O=C(c1cccc2n[nH]nc12)N1CCC(C(O)c2ccccc2)CC1. The van der Waals surface area contributed by atoms with E-state index in [-0.39, 0.29) is 11.8 Å². The van der Waals surface area contributed by atoms with Crippen LogP contribution >= 0.6 is 0 Å². The fraction of sp³-hybridized carbons (Fsp3) is 0.316. The Kier molecular flexibility index (Phi) is 4.19. The van der Waals surface area contributed by atoms with Crippen LogP contribution < -0.4 is 0 Å². The monoisotopic (exact) mass is 336 g/mol. The number of hydrogen-bond acceptors (Lipinski definition) is 4. The van der Waals surface area contributed by atoms with Crippen molar-refractivity contribution < 1.29 is 9.90 Å². The van der Waals surface area contributed by atoms with E-state index in [1.54, 1.807) is 6.07 Å². The van der Waals surface area contributed by atoms with E-state index in [4.69, 9.17) is 0 Å². The molecule has 6 heteroatoms. The largest absolute Gasteiger partial charge is 0.388 e. The average molecular weight is 336 g/mol. The Morgan fingerprint density at radius 2 is 1.84 bits per heavy atom. The number of H-pyrrole nitrogens is 1. The smallest absolute Gasteiger partial charge is 0.256 e. The molecule has 6 nitrogen and oxygen atoms in total. The highest BCUT2D eigenvalue weighted by molar-refractivity contribution is 6.04. The molecule has 0 aliphatic carbocycles. The van der Waals surface area contributed by atoms with Crippen LogP contribution in [0.2, 0.25) is 0 Å². The van der Waals surface area contributed by atoms with E-state index in [2.05, 4.69) is 15.4 Å². The van der Waals surface area contributed by atoms with Gasteiger partial charge in [0.15, 0.2) is 0 Å². The van der Waals surface area contributed by atoms with Crippen LogP contribution in [0.1, 0.15) is 34.9 Å². The van der Waals surface area contributed by atoms with Gasteiger partial charge in [0, 0.05) is 13.1 Å². The minimum atomic E-state index is -0.475. The first-order valence-corrected chi connectivity index (χ1v) is 8.56. The summed E-state index contributed by atoms with van der Waals surface area (Å²) in [5.74, 6) is 0.154. The molecule has 1 saturated heterocycles. The molecule has 25 heavy (non-hydrogen) atoms. The van der Waals surface area contributed by atoms with Crippen molar-refractivity contribution in [3.05, 3.63) is 59.7 Å². The molecule has 1 fully saturated rings. The second-order valence-corrected chi connectivity index (χ2v) is 6.48. The van der Waals surface area contributed by atoms with Crippen molar-refractivity contribution in [2.75, 3.05) is 13.1 Å². The van der Waals surface area contributed by atoms with Crippen LogP contribution in [0.5, 0.6) is 0 Å². The number of carbonyl (C=O) groups excluding carboxylic acids is 1. The first-order valence-electron chi connectivity index (χ1n) is 8.56. The van der Waals surface area contributed by atoms with Crippen molar-refractivity contribution in [1.82, 2.24) is 20.3 Å². The number of hydrogen-bond donors (Lipinski definition) is 2. The van der Waals surface area contributed by atoms with Crippen LogP contribution in [0.25, 0.3) is 11.0 Å². The number of rotatable bonds is 3. The van der Waals surface area contributed by atoms with Crippen LogP contribution in [0.3, 0.4) is 0 Å². The summed E-state index contributed by atoms with van der Waals surface area (Å²) in [5.41, 5.74) is 2.83. The Morgan fingerprint density at radius 1 is 1.08 bits per heavy atom. The Bertz CT molecular complexity index is 869. The van der Waals surface area contributed by atoms with E-state index in [1.807, 2.05) is 47.4 Å². The number of nitrogens with zero attached hydrogens (tertiary/aromatic N) is 3. The molecule has 0 saturated carbocycles.